The van der Waals surface area contributed by atoms with Gasteiger partial charge in [-0.3, -0.25) is 9.69 Å². The van der Waals surface area contributed by atoms with Crippen LogP contribution in [0.25, 0.3) is 10.2 Å². The standard InChI is InChI=1S/C22H24N2O5S2/c1-3-31(26,27)17-9-4-7-15(13-17)21(25)24(14-16-8-6-12-29-16)22-23-20-18(28-2)10-5-11-19(20)30-22/h4-5,7,9-11,13,16H,3,6,8,12,14H2,1-2H3. The molecule has 7 nitrogen and oxygen atoms in total. The van der Waals surface area contributed by atoms with E-state index in [2.05, 4.69) is 4.98 Å². The number of hydrogen-bond donors (Lipinski definition) is 0. The zero-order valence-electron chi connectivity index (χ0n) is 17.4. The summed E-state index contributed by atoms with van der Waals surface area (Å²) < 4.78 is 36.7. The van der Waals surface area contributed by atoms with Gasteiger partial charge in [0.2, 0.25) is 0 Å². The van der Waals surface area contributed by atoms with Crippen LogP contribution in [0, 0.1) is 0 Å². The summed E-state index contributed by atoms with van der Waals surface area (Å²) in [6.45, 7) is 2.61. The van der Waals surface area contributed by atoms with Crippen LogP contribution in [0.1, 0.15) is 30.1 Å². The topological polar surface area (TPSA) is 85.8 Å². The number of aromatic nitrogens is 1. The fourth-order valence-electron chi connectivity index (χ4n) is 3.58. The normalized spacial score (nSPS) is 16.5. The van der Waals surface area contributed by atoms with Crippen LogP contribution in [-0.2, 0) is 14.6 Å². The highest BCUT2D eigenvalue weighted by Crippen LogP contribution is 2.35. The molecule has 0 bridgehead atoms. The van der Waals surface area contributed by atoms with Crippen LogP contribution >= 0.6 is 11.3 Å². The van der Waals surface area contributed by atoms with Crippen molar-refractivity contribution in [3.8, 4) is 5.75 Å². The second-order valence-electron chi connectivity index (χ2n) is 7.29. The van der Waals surface area contributed by atoms with Crippen molar-refractivity contribution in [2.45, 2.75) is 30.8 Å². The Morgan fingerprint density at radius 2 is 2.10 bits per heavy atom. The minimum absolute atomic E-state index is 0.0259. The number of carbonyl (C=O) groups excluding carboxylic acids is 1. The Morgan fingerprint density at radius 3 is 2.81 bits per heavy atom. The van der Waals surface area contributed by atoms with Gasteiger partial charge in [-0.25, -0.2) is 13.4 Å². The molecule has 1 aromatic heterocycles. The van der Waals surface area contributed by atoms with Crippen molar-refractivity contribution in [2.75, 3.05) is 30.9 Å². The van der Waals surface area contributed by atoms with Crippen LogP contribution in [0.15, 0.2) is 47.4 Å². The molecular formula is C22H24N2O5S2. The molecule has 0 aliphatic carbocycles. The van der Waals surface area contributed by atoms with Crippen LogP contribution in [0.5, 0.6) is 5.75 Å². The van der Waals surface area contributed by atoms with Crippen LogP contribution in [0.2, 0.25) is 0 Å². The molecule has 4 rings (SSSR count). The summed E-state index contributed by atoms with van der Waals surface area (Å²) in [4.78, 5) is 20.0. The molecule has 1 aliphatic rings. The summed E-state index contributed by atoms with van der Waals surface area (Å²) >= 11 is 1.40. The molecule has 0 saturated carbocycles. The Labute approximate surface area is 185 Å². The Hall–Kier alpha value is -2.49. The Morgan fingerprint density at radius 1 is 1.29 bits per heavy atom. The molecule has 1 fully saturated rings. The smallest absolute Gasteiger partial charge is 0.260 e. The molecule has 3 aromatic rings. The van der Waals surface area contributed by atoms with Crippen LogP contribution < -0.4 is 9.64 Å². The first-order valence-electron chi connectivity index (χ1n) is 10.1. The molecule has 31 heavy (non-hydrogen) atoms. The fourth-order valence-corrected chi connectivity index (χ4v) is 5.49. The molecule has 1 aliphatic heterocycles. The molecule has 0 radical (unpaired) electrons. The predicted molar refractivity (Wildman–Crippen MR) is 121 cm³/mol. The highest BCUT2D eigenvalue weighted by molar-refractivity contribution is 7.91. The maximum absolute atomic E-state index is 13.5. The van der Waals surface area contributed by atoms with Gasteiger partial charge in [0.1, 0.15) is 11.3 Å². The summed E-state index contributed by atoms with van der Waals surface area (Å²) in [6, 6.07) is 11.8. The highest BCUT2D eigenvalue weighted by atomic mass is 32.2. The first-order valence-corrected chi connectivity index (χ1v) is 12.6. The lowest BCUT2D eigenvalue weighted by Crippen LogP contribution is -2.37. The summed E-state index contributed by atoms with van der Waals surface area (Å²) in [5.41, 5.74) is 0.996. The van der Waals surface area contributed by atoms with Gasteiger partial charge in [0, 0.05) is 12.2 Å². The van der Waals surface area contributed by atoms with Crippen LogP contribution in [0.4, 0.5) is 5.13 Å². The number of carbonyl (C=O) groups is 1. The zero-order chi connectivity index (χ0) is 22.0. The van der Waals surface area contributed by atoms with E-state index in [9.17, 15) is 13.2 Å². The van der Waals surface area contributed by atoms with E-state index < -0.39 is 9.84 Å². The SMILES string of the molecule is CCS(=O)(=O)c1cccc(C(=O)N(CC2CCCO2)c2nc3c(OC)cccc3s2)c1. The van der Waals surface area contributed by atoms with E-state index in [1.165, 1.54) is 23.5 Å². The van der Waals surface area contributed by atoms with Crippen molar-refractivity contribution in [1.29, 1.82) is 0 Å². The summed E-state index contributed by atoms with van der Waals surface area (Å²) in [6.07, 6.45) is 1.73. The van der Waals surface area contributed by atoms with Crippen molar-refractivity contribution in [3.05, 3.63) is 48.0 Å². The average molecular weight is 461 g/mol. The van der Waals surface area contributed by atoms with Gasteiger partial charge in [0.15, 0.2) is 15.0 Å². The highest BCUT2D eigenvalue weighted by Gasteiger charge is 2.28. The molecule has 0 spiro atoms. The molecule has 1 amide bonds. The zero-order valence-corrected chi connectivity index (χ0v) is 19.0. The van der Waals surface area contributed by atoms with Crippen LogP contribution in [0.3, 0.4) is 0 Å². The van der Waals surface area contributed by atoms with E-state index in [0.717, 1.165) is 17.5 Å². The molecule has 1 unspecified atom stereocenters. The van der Waals surface area contributed by atoms with Gasteiger partial charge in [-0.05, 0) is 43.2 Å². The van der Waals surface area contributed by atoms with Gasteiger partial charge in [-0.15, -0.1) is 0 Å². The van der Waals surface area contributed by atoms with E-state index >= 15 is 0 Å². The number of ether oxygens (including phenoxy) is 2. The number of amides is 1. The van der Waals surface area contributed by atoms with Crippen LogP contribution in [-0.4, -0.2) is 51.4 Å². The number of hydrogen-bond acceptors (Lipinski definition) is 7. The lowest BCUT2D eigenvalue weighted by Gasteiger charge is -2.23. The largest absolute Gasteiger partial charge is 0.494 e. The first kappa shape index (κ1) is 21.7. The monoisotopic (exact) mass is 460 g/mol. The molecule has 2 aromatic carbocycles. The maximum Gasteiger partial charge on any atom is 0.260 e. The molecule has 1 saturated heterocycles. The number of nitrogens with zero attached hydrogens (tertiary/aromatic N) is 2. The van der Waals surface area contributed by atoms with E-state index in [1.807, 2.05) is 18.2 Å². The van der Waals surface area contributed by atoms with Crippen molar-refractivity contribution in [2.24, 2.45) is 0 Å². The quantitative estimate of drug-likeness (QED) is 0.531. The van der Waals surface area contributed by atoms with Gasteiger partial charge in [-0.1, -0.05) is 30.4 Å². The first-order chi connectivity index (χ1) is 14.9. The third kappa shape index (κ3) is 4.44. The van der Waals surface area contributed by atoms with E-state index in [0.29, 0.717) is 35.1 Å². The predicted octanol–water partition coefficient (Wildman–Crippen LogP) is 3.92. The lowest BCUT2D eigenvalue weighted by molar-refractivity contribution is 0.0917. The molecule has 2 heterocycles. The van der Waals surface area contributed by atoms with Crippen molar-refractivity contribution in [1.82, 2.24) is 4.98 Å². The summed E-state index contributed by atoms with van der Waals surface area (Å²) in [5, 5.41) is 0.531. The second-order valence-corrected chi connectivity index (χ2v) is 10.6. The molecule has 9 heteroatoms. The van der Waals surface area contributed by atoms with Gasteiger partial charge in [-0.2, -0.15) is 0 Å². The third-order valence-corrected chi connectivity index (χ3v) is 8.07. The number of thiazole rings is 1. The summed E-state index contributed by atoms with van der Waals surface area (Å²) in [5.74, 6) is 0.310. The van der Waals surface area contributed by atoms with Gasteiger partial charge < -0.3 is 9.47 Å². The number of benzene rings is 2. The molecule has 164 valence electrons. The Bertz CT molecular complexity index is 1200. The third-order valence-electron chi connectivity index (χ3n) is 5.30. The number of methoxy groups -OCH3 is 1. The van der Waals surface area contributed by atoms with E-state index in [4.69, 9.17) is 9.47 Å². The number of fused-ring (bicyclic) bond motifs is 1. The minimum atomic E-state index is -3.42. The minimum Gasteiger partial charge on any atom is -0.494 e. The lowest BCUT2D eigenvalue weighted by atomic mass is 10.2. The van der Waals surface area contributed by atoms with Crippen molar-refractivity contribution >= 4 is 42.4 Å². The number of anilines is 1. The van der Waals surface area contributed by atoms with E-state index in [-0.39, 0.29) is 22.7 Å². The number of para-hydroxylation sites is 1. The molecule has 0 N–H and O–H groups in total. The van der Waals surface area contributed by atoms with Crippen molar-refractivity contribution < 1.29 is 22.7 Å². The van der Waals surface area contributed by atoms with Gasteiger partial charge in [0.05, 0.1) is 35.1 Å². The van der Waals surface area contributed by atoms with Crippen molar-refractivity contribution in [3.63, 3.8) is 0 Å². The second kappa shape index (κ2) is 8.94. The van der Waals surface area contributed by atoms with Gasteiger partial charge >= 0.3 is 0 Å². The molecular weight excluding hydrogens is 436 g/mol. The maximum atomic E-state index is 13.5. The number of sulfone groups is 1. The summed E-state index contributed by atoms with van der Waals surface area (Å²) in [7, 11) is -1.84. The molecule has 1 atom stereocenters. The Balaban J connectivity index is 1.75. The van der Waals surface area contributed by atoms with E-state index in [1.54, 1.807) is 31.1 Å². The Kier molecular flexibility index (Phi) is 6.27. The average Bonchev–Trinajstić information content (AvgIpc) is 3.46. The fraction of sp³-hybridized carbons (Fsp3) is 0.364. The van der Waals surface area contributed by atoms with Gasteiger partial charge in [0.25, 0.3) is 5.91 Å². The number of rotatable bonds is 7.